The molecule has 0 radical (unpaired) electrons. The van der Waals surface area contributed by atoms with Crippen molar-refractivity contribution in [1.29, 1.82) is 0 Å². The van der Waals surface area contributed by atoms with Gasteiger partial charge >= 0.3 is 6.18 Å². The molecule has 2 aromatic carbocycles. The van der Waals surface area contributed by atoms with Crippen molar-refractivity contribution in [3.8, 4) is 28.6 Å². The first kappa shape index (κ1) is 20.6. The Labute approximate surface area is 163 Å². The summed E-state index contributed by atoms with van der Waals surface area (Å²) in [7, 11) is -1.14. The number of halogens is 3. The van der Waals surface area contributed by atoms with E-state index in [1.165, 1.54) is 44.6 Å². The monoisotopic (exact) mass is 428 g/mol. The van der Waals surface area contributed by atoms with Gasteiger partial charge in [0.1, 0.15) is 0 Å². The number of ether oxygens (including phenoxy) is 2. The molecule has 3 aromatic rings. The fraction of sp³-hybridized carbons (Fsp3) is 0.176. The molecular weight excluding hydrogens is 413 g/mol. The summed E-state index contributed by atoms with van der Waals surface area (Å²) >= 11 is 0. The van der Waals surface area contributed by atoms with Crippen LogP contribution in [0.5, 0.6) is 11.5 Å². The van der Waals surface area contributed by atoms with Crippen LogP contribution in [0.1, 0.15) is 5.82 Å². The number of alkyl halides is 3. The molecule has 0 aliphatic heterocycles. The number of rotatable bonds is 5. The molecule has 1 heterocycles. The molecule has 1 aromatic heterocycles. The Morgan fingerprint density at radius 3 is 2.14 bits per heavy atom. The van der Waals surface area contributed by atoms with E-state index in [1.54, 1.807) is 0 Å². The lowest BCUT2D eigenvalue weighted by atomic mass is 10.2. The first-order valence-corrected chi connectivity index (χ1v) is 9.49. The van der Waals surface area contributed by atoms with Gasteiger partial charge in [-0.15, -0.1) is 5.10 Å². The van der Waals surface area contributed by atoms with Crippen molar-refractivity contribution in [2.45, 2.75) is 11.1 Å². The first-order valence-electron chi connectivity index (χ1n) is 7.94. The van der Waals surface area contributed by atoms with Crippen LogP contribution in [-0.4, -0.2) is 37.4 Å². The second-order valence-electron chi connectivity index (χ2n) is 5.78. The number of benzene rings is 2. The van der Waals surface area contributed by atoms with E-state index in [9.17, 15) is 21.6 Å². The Bertz CT molecular complexity index is 1140. The summed E-state index contributed by atoms with van der Waals surface area (Å²) in [5, 5.41) is 8.60. The molecule has 0 aliphatic rings. The summed E-state index contributed by atoms with van der Waals surface area (Å²) < 4.78 is 73.7. The van der Waals surface area contributed by atoms with Crippen molar-refractivity contribution in [1.82, 2.24) is 14.8 Å². The summed E-state index contributed by atoms with van der Waals surface area (Å²) in [4.78, 5) is 3.43. The van der Waals surface area contributed by atoms with E-state index in [1.807, 2.05) is 0 Å². The van der Waals surface area contributed by atoms with E-state index in [0.29, 0.717) is 5.75 Å². The van der Waals surface area contributed by atoms with Crippen LogP contribution in [0.15, 0.2) is 47.4 Å². The van der Waals surface area contributed by atoms with Crippen LogP contribution in [-0.2, 0) is 16.2 Å². The highest BCUT2D eigenvalue weighted by Gasteiger charge is 2.37. The normalized spacial score (nSPS) is 12.1. The Hall–Kier alpha value is -3.12. The molecule has 0 spiro atoms. The zero-order chi connectivity index (χ0) is 21.4. The molecule has 8 nitrogen and oxygen atoms in total. The summed E-state index contributed by atoms with van der Waals surface area (Å²) in [6, 6.07) is 9.36. The molecular formula is C17H15F3N4O4S. The first-order chi connectivity index (χ1) is 13.5. The highest BCUT2D eigenvalue weighted by Crippen LogP contribution is 2.34. The van der Waals surface area contributed by atoms with Gasteiger partial charge in [0, 0.05) is 5.56 Å². The van der Waals surface area contributed by atoms with Crippen LogP contribution in [0, 0.1) is 0 Å². The molecule has 0 saturated carbocycles. The fourth-order valence-corrected chi connectivity index (χ4v) is 3.07. The highest BCUT2D eigenvalue weighted by atomic mass is 32.2. The molecule has 0 fully saturated rings. The van der Waals surface area contributed by atoms with Gasteiger partial charge < -0.3 is 9.47 Å². The third-order valence-electron chi connectivity index (χ3n) is 3.91. The standard InChI is InChI=1S/C17H15F3N4O4S/c1-27-13-8-3-10(9-14(13)28-2)15-22-16(17(18,19)20)23-24(15)11-4-6-12(7-5-11)29(21,25)26/h3-9H,1-2H3,(H2,21,25,26). The predicted molar refractivity (Wildman–Crippen MR) is 96.3 cm³/mol. The van der Waals surface area contributed by atoms with Crippen LogP contribution >= 0.6 is 0 Å². The molecule has 0 atom stereocenters. The number of nitrogens with two attached hydrogens (primary N) is 1. The van der Waals surface area contributed by atoms with Gasteiger partial charge in [-0.3, -0.25) is 0 Å². The number of hydrogen-bond donors (Lipinski definition) is 1. The van der Waals surface area contributed by atoms with Gasteiger partial charge in [-0.1, -0.05) is 0 Å². The van der Waals surface area contributed by atoms with Crippen molar-refractivity contribution in [3.05, 3.63) is 48.3 Å². The van der Waals surface area contributed by atoms with Gasteiger partial charge in [0.05, 0.1) is 24.8 Å². The molecule has 0 bridgehead atoms. The quantitative estimate of drug-likeness (QED) is 0.669. The van der Waals surface area contributed by atoms with E-state index in [2.05, 4.69) is 10.1 Å². The summed E-state index contributed by atoms with van der Waals surface area (Å²) in [6.07, 6.45) is -4.78. The van der Waals surface area contributed by atoms with E-state index < -0.39 is 22.0 Å². The summed E-state index contributed by atoms with van der Waals surface area (Å²) in [5.41, 5.74) is 0.436. The Kier molecular flexibility index (Phi) is 5.24. The largest absolute Gasteiger partial charge is 0.493 e. The van der Waals surface area contributed by atoms with Gasteiger partial charge in [-0.25, -0.2) is 23.2 Å². The van der Waals surface area contributed by atoms with Crippen LogP contribution < -0.4 is 14.6 Å². The van der Waals surface area contributed by atoms with Gasteiger partial charge in [-0.2, -0.15) is 13.2 Å². The van der Waals surface area contributed by atoms with Crippen molar-refractivity contribution >= 4 is 10.0 Å². The van der Waals surface area contributed by atoms with Crippen molar-refractivity contribution in [2.75, 3.05) is 14.2 Å². The minimum atomic E-state index is -4.78. The van der Waals surface area contributed by atoms with Gasteiger partial charge in [0.15, 0.2) is 17.3 Å². The third-order valence-corrected chi connectivity index (χ3v) is 4.84. The Balaban J connectivity index is 2.19. The molecule has 0 aliphatic carbocycles. The molecule has 2 N–H and O–H groups in total. The van der Waals surface area contributed by atoms with Crippen molar-refractivity contribution in [3.63, 3.8) is 0 Å². The topological polar surface area (TPSA) is 109 Å². The highest BCUT2D eigenvalue weighted by molar-refractivity contribution is 7.89. The molecule has 0 unspecified atom stereocenters. The second kappa shape index (κ2) is 7.37. The maximum atomic E-state index is 13.2. The molecule has 29 heavy (non-hydrogen) atoms. The lowest BCUT2D eigenvalue weighted by Crippen LogP contribution is -2.12. The molecule has 3 rings (SSSR count). The lowest BCUT2D eigenvalue weighted by molar-refractivity contribution is -0.144. The number of nitrogens with zero attached hydrogens (tertiary/aromatic N) is 3. The van der Waals surface area contributed by atoms with E-state index in [4.69, 9.17) is 14.6 Å². The number of sulfonamides is 1. The predicted octanol–water partition coefficient (Wildman–Crippen LogP) is 2.62. The molecule has 0 saturated heterocycles. The summed E-state index contributed by atoms with van der Waals surface area (Å²) in [5.74, 6) is -0.798. The van der Waals surface area contributed by atoms with Gasteiger partial charge in [-0.05, 0) is 42.5 Å². The van der Waals surface area contributed by atoms with Crippen LogP contribution in [0.2, 0.25) is 0 Å². The number of aromatic nitrogens is 3. The van der Waals surface area contributed by atoms with Crippen LogP contribution in [0.4, 0.5) is 13.2 Å². The minimum absolute atomic E-state index is 0.123. The molecule has 154 valence electrons. The SMILES string of the molecule is COc1ccc(-c2nc(C(F)(F)F)nn2-c2ccc(S(N)(=O)=O)cc2)cc1OC. The summed E-state index contributed by atoms with van der Waals surface area (Å²) in [6.45, 7) is 0. The van der Waals surface area contributed by atoms with Crippen molar-refractivity contribution in [2.24, 2.45) is 5.14 Å². The zero-order valence-corrected chi connectivity index (χ0v) is 16.0. The average Bonchev–Trinajstić information content (AvgIpc) is 3.12. The van der Waals surface area contributed by atoms with E-state index in [0.717, 1.165) is 16.8 Å². The number of primary sulfonamides is 1. The second-order valence-corrected chi connectivity index (χ2v) is 7.34. The maximum absolute atomic E-state index is 13.2. The van der Waals surface area contributed by atoms with Gasteiger partial charge in [0.2, 0.25) is 10.0 Å². The van der Waals surface area contributed by atoms with E-state index >= 15 is 0 Å². The smallest absolute Gasteiger partial charge is 0.453 e. The number of hydrogen-bond acceptors (Lipinski definition) is 6. The maximum Gasteiger partial charge on any atom is 0.453 e. The lowest BCUT2D eigenvalue weighted by Gasteiger charge is -2.10. The van der Waals surface area contributed by atoms with Crippen LogP contribution in [0.25, 0.3) is 17.1 Å². The Morgan fingerprint density at radius 1 is 1.00 bits per heavy atom. The average molecular weight is 428 g/mol. The molecule has 0 amide bonds. The van der Waals surface area contributed by atoms with Crippen LogP contribution in [0.3, 0.4) is 0 Å². The van der Waals surface area contributed by atoms with E-state index in [-0.39, 0.29) is 27.7 Å². The fourth-order valence-electron chi connectivity index (χ4n) is 2.55. The zero-order valence-electron chi connectivity index (χ0n) is 15.1. The third kappa shape index (κ3) is 4.17. The minimum Gasteiger partial charge on any atom is -0.493 e. The Morgan fingerprint density at radius 2 is 1.62 bits per heavy atom. The number of methoxy groups -OCH3 is 2. The molecule has 12 heteroatoms. The van der Waals surface area contributed by atoms with Crippen molar-refractivity contribution < 1.29 is 31.1 Å². The van der Waals surface area contributed by atoms with Gasteiger partial charge in [0.25, 0.3) is 5.82 Å².